The molecule has 1 amide bonds. The minimum Gasteiger partial charge on any atom is -0.464 e. The van der Waals surface area contributed by atoms with E-state index < -0.39 is 8.07 Å². The van der Waals surface area contributed by atoms with Crippen molar-refractivity contribution in [2.24, 2.45) is 0 Å². The summed E-state index contributed by atoms with van der Waals surface area (Å²) < 4.78 is 7.65. The topological polar surface area (TPSA) is 73.1 Å². The maximum atomic E-state index is 12.8. The Kier molecular flexibility index (Phi) is 6.93. The number of aryl methyl sites for hydroxylation is 2. The third-order valence-electron chi connectivity index (χ3n) is 5.88. The number of benzene rings is 1. The fourth-order valence-corrected chi connectivity index (χ4v) is 4.61. The minimum absolute atomic E-state index is 0.164. The number of hydrogen-bond donors (Lipinski definition) is 0. The molecule has 0 unspecified atom stereocenters. The van der Waals surface area contributed by atoms with Gasteiger partial charge in [0.05, 0.1) is 18.5 Å². The largest absolute Gasteiger partial charge is 0.464 e. The van der Waals surface area contributed by atoms with Crippen LogP contribution in [0, 0.1) is 6.92 Å². The molecule has 174 valence electrons. The molecule has 0 bridgehead atoms. The van der Waals surface area contributed by atoms with Crippen LogP contribution in [-0.2, 0) is 24.3 Å². The van der Waals surface area contributed by atoms with Crippen LogP contribution in [0.25, 0.3) is 11.3 Å². The molecule has 1 aromatic carbocycles. The Morgan fingerprint density at radius 1 is 1.15 bits per heavy atom. The summed E-state index contributed by atoms with van der Waals surface area (Å²) in [4.78, 5) is 23.7. The van der Waals surface area contributed by atoms with Crippen molar-refractivity contribution in [1.82, 2.24) is 24.6 Å². The number of ether oxygens (including phenoxy) is 1. The van der Waals surface area contributed by atoms with Crippen molar-refractivity contribution >= 4 is 14.0 Å². The lowest BCUT2D eigenvalue weighted by molar-refractivity contribution is -0.132. The lowest BCUT2D eigenvalue weighted by Gasteiger charge is -2.29. The van der Waals surface area contributed by atoms with E-state index in [-0.39, 0.29) is 5.91 Å². The first-order chi connectivity index (χ1) is 15.8. The molecule has 4 rings (SSSR count). The van der Waals surface area contributed by atoms with Crippen LogP contribution in [0.15, 0.2) is 42.7 Å². The molecule has 0 saturated carbocycles. The second kappa shape index (κ2) is 9.87. The van der Waals surface area contributed by atoms with Crippen molar-refractivity contribution in [2.75, 3.05) is 13.2 Å². The molecule has 2 aromatic heterocycles. The number of carbonyl (C=O) groups is 1. The van der Waals surface area contributed by atoms with Crippen LogP contribution in [0.4, 0.5) is 0 Å². The van der Waals surface area contributed by atoms with E-state index in [0.717, 1.165) is 36.0 Å². The van der Waals surface area contributed by atoms with Crippen molar-refractivity contribution in [3.63, 3.8) is 0 Å². The van der Waals surface area contributed by atoms with Gasteiger partial charge in [0.2, 0.25) is 5.91 Å². The Bertz CT molecular complexity index is 1120. The van der Waals surface area contributed by atoms with Gasteiger partial charge in [-0.3, -0.25) is 9.48 Å². The fraction of sp³-hybridized carbons (Fsp3) is 0.440. The van der Waals surface area contributed by atoms with E-state index in [0.29, 0.717) is 32.1 Å². The molecule has 3 aromatic rings. The normalized spacial score (nSPS) is 13.6. The highest BCUT2D eigenvalue weighted by Gasteiger charge is 2.20. The molecule has 1 aliphatic rings. The molecule has 0 saturated heterocycles. The highest BCUT2D eigenvalue weighted by molar-refractivity contribution is 6.76. The first kappa shape index (κ1) is 23.2. The average molecular weight is 464 g/mol. The molecule has 0 fully saturated rings. The van der Waals surface area contributed by atoms with Crippen LogP contribution < -0.4 is 4.74 Å². The lowest BCUT2D eigenvalue weighted by atomic mass is 10.00. The third-order valence-corrected chi connectivity index (χ3v) is 7.59. The number of carbonyl (C=O) groups excluding carboxylic acids is 1. The molecular formula is C25H33N5O2Si. The van der Waals surface area contributed by atoms with Gasteiger partial charge < -0.3 is 9.64 Å². The molecule has 0 atom stereocenters. The van der Waals surface area contributed by atoms with Crippen molar-refractivity contribution in [3.8, 4) is 17.3 Å². The Balaban J connectivity index is 1.35. The molecule has 33 heavy (non-hydrogen) atoms. The number of nitrogens with zero attached hydrogens (tertiary/aromatic N) is 5. The molecule has 3 heterocycles. The summed E-state index contributed by atoms with van der Waals surface area (Å²) in [6.45, 7) is 11.6. The monoisotopic (exact) mass is 463 g/mol. The van der Waals surface area contributed by atoms with Crippen LogP contribution in [0.2, 0.25) is 25.7 Å². The Labute approximate surface area is 196 Å². The first-order valence-corrected chi connectivity index (χ1v) is 15.3. The van der Waals surface area contributed by atoms with E-state index in [9.17, 15) is 4.79 Å². The molecular weight excluding hydrogens is 430 g/mol. The molecule has 0 aliphatic carbocycles. The second-order valence-corrected chi connectivity index (χ2v) is 15.5. The zero-order valence-electron chi connectivity index (χ0n) is 20.0. The minimum atomic E-state index is -1.17. The van der Waals surface area contributed by atoms with E-state index in [1.807, 2.05) is 34.8 Å². The molecule has 7 nitrogen and oxygen atoms in total. The van der Waals surface area contributed by atoms with Gasteiger partial charge in [0, 0.05) is 51.6 Å². The average Bonchev–Trinajstić information content (AvgIpc) is 3.25. The first-order valence-electron chi connectivity index (χ1n) is 11.6. The second-order valence-electron chi connectivity index (χ2n) is 9.91. The molecule has 0 N–H and O–H groups in total. The number of aromatic nitrogens is 4. The van der Waals surface area contributed by atoms with Crippen LogP contribution in [0.3, 0.4) is 0 Å². The van der Waals surface area contributed by atoms with Crippen LogP contribution in [0.5, 0.6) is 6.01 Å². The van der Waals surface area contributed by atoms with E-state index in [4.69, 9.17) is 4.74 Å². The molecule has 0 radical (unpaired) electrons. The van der Waals surface area contributed by atoms with Gasteiger partial charge in [-0.2, -0.15) is 10.1 Å². The standard InChI is InChI=1S/C25H33N5O2Si/c1-19-15-23(28-25(27-19)32-13-14-33(2,3)4)22-16-26-30(18-22)12-10-24(31)29-11-9-20-7-5-6-8-21(20)17-29/h5-8,15-16,18H,9-14,17H2,1-4H3. The number of fused-ring (bicyclic) bond motifs is 1. The SMILES string of the molecule is Cc1cc(-c2cnn(CCC(=O)N3CCc4ccccc4C3)c2)nc(OCC[Si](C)(C)C)n1. The van der Waals surface area contributed by atoms with Crippen molar-refractivity contribution in [2.45, 2.75) is 58.5 Å². The predicted octanol–water partition coefficient (Wildman–Crippen LogP) is 4.34. The van der Waals surface area contributed by atoms with Gasteiger partial charge in [0.1, 0.15) is 0 Å². The van der Waals surface area contributed by atoms with Crippen molar-refractivity contribution < 1.29 is 9.53 Å². The third kappa shape index (κ3) is 6.28. The summed E-state index contributed by atoms with van der Waals surface area (Å²) >= 11 is 0. The van der Waals surface area contributed by atoms with Gasteiger partial charge in [0.25, 0.3) is 0 Å². The Hall–Kier alpha value is -3.00. The maximum Gasteiger partial charge on any atom is 0.317 e. The number of amides is 1. The molecule has 8 heteroatoms. The summed E-state index contributed by atoms with van der Waals surface area (Å²) in [5, 5.41) is 4.45. The zero-order valence-corrected chi connectivity index (χ0v) is 21.0. The van der Waals surface area contributed by atoms with Gasteiger partial charge in [0.15, 0.2) is 0 Å². The summed E-state index contributed by atoms with van der Waals surface area (Å²) in [5.41, 5.74) is 5.14. The molecule has 1 aliphatic heterocycles. The van der Waals surface area contributed by atoms with E-state index >= 15 is 0 Å². The van der Waals surface area contributed by atoms with Gasteiger partial charge in [-0.15, -0.1) is 0 Å². The van der Waals surface area contributed by atoms with Crippen LogP contribution in [-0.4, -0.2) is 51.8 Å². The summed E-state index contributed by atoms with van der Waals surface area (Å²) in [7, 11) is -1.17. The maximum absolute atomic E-state index is 12.8. The Morgan fingerprint density at radius 2 is 1.94 bits per heavy atom. The molecule has 0 spiro atoms. The van der Waals surface area contributed by atoms with Crippen molar-refractivity contribution in [3.05, 3.63) is 59.5 Å². The van der Waals surface area contributed by atoms with Gasteiger partial charge >= 0.3 is 6.01 Å². The summed E-state index contributed by atoms with van der Waals surface area (Å²) in [6.07, 6.45) is 5.07. The van der Waals surface area contributed by atoms with Crippen LogP contribution >= 0.6 is 0 Å². The van der Waals surface area contributed by atoms with Gasteiger partial charge in [-0.05, 0) is 36.6 Å². The van der Waals surface area contributed by atoms with Gasteiger partial charge in [-0.1, -0.05) is 43.9 Å². The zero-order chi connectivity index (χ0) is 23.4. The highest BCUT2D eigenvalue weighted by Crippen LogP contribution is 2.21. The fourth-order valence-electron chi connectivity index (χ4n) is 3.90. The Morgan fingerprint density at radius 3 is 2.73 bits per heavy atom. The van der Waals surface area contributed by atoms with E-state index in [2.05, 4.69) is 52.9 Å². The number of hydrogen-bond acceptors (Lipinski definition) is 5. The van der Waals surface area contributed by atoms with E-state index in [1.165, 1.54) is 11.1 Å². The quantitative estimate of drug-likeness (QED) is 0.465. The van der Waals surface area contributed by atoms with Gasteiger partial charge in [-0.25, -0.2) is 4.98 Å². The summed E-state index contributed by atoms with van der Waals surface area (Å²) in [5.74, 6) is 0.164. The predicted molar refractivity (Wildman–Crippen MR) is 132 cm³/mol. The smallest absolute Gasteiger partial charge is 0.317 e. The van der Waals surface area contributed by atoms with E-state index in [1.54, 1.807) is 6.20 Å². The van der Waals surface area contributed by atoms with Crippen LogP contribution in [0.1, 0.15) is 23.2 Å². The number of rotatable bonds is 8. The lowest BCUT2D eigenvalue weighted by Crippen LogP contribution is -2.36. The summed E-state index contributed by atoms with van der Waals surface area (Å²) in [6, 6.07) is 11.8. The highest BCUT2D eigenvalue weighted by atomic mass is 28.3. The van der Waals surface area contributed by atoms with Crippen molar-refractivity contribution in [1.29, 1.82) is 0 Å².